The lowest BCUT2D eigenvalue weighted by molar-refractivity contribution is -0.385. The first-order valence-corrected chi connectivity index (χ1v) is 8.53. The van der Waals surface area contributed by atoms with Crippen LogP contribution in [0.3, 0.4) is 0 Å². The van der Waals surface area contributed by atoms with Crippen LogP contribution in [0.15, 0.2) is 36.4 Å². The summed E-state index contributed by atoms with van der Waals surface area (Å²) in [5.74, 6) is -0.931. The Labute approximate surface area is 150 Å². The lowest BCUT2D eigenvalue weighted by atomic mass is 9.90. The number of Topliss-reactive ketones (excluding diaryl/α,β-unsaturated/α-hetero) is 1. The Morgan fingerprint density at radius 2 is 1.73 bits per heavy atom. The van der Waals surface area contributed by atoms with Gasteiger partial charge in [-0.25, -0.2) is 4.79 Å². The van der Waals surface area contributed by atoms with Gasteiger partial charge in [0.15, 0.2) is 12.4 Å². The number of ether oxygens (including phenoxy) is 1. The molecule has 134 valence electrons. The molecular weight excluding hydrogens is 334 g/mol. The second-order valence-electron chi connectivity index (χ2n) is 6.45. The van der Waals surface area contributed by atoms with Crippen LogP contribution in [0.5, 0.6) is 0 Å². The maximum atomic E-state index is 12.3. The topological polar surface area (TPSA) is 86.5 Å². The molecule has 2 aromatic carbocycles. The normalized spacial score (nSPS) is 13.0. The van der Waals surface area contributed by atoms with Gasteiger partial charge in [0.1, 0.15) is 0 Å². The number of carbonyl (C=O) groups is 2. The molecule has 3 rings (SSSR count). The van der Waals surface area contributed by atoms with Crippen molar-refractivity contribution in [3.8, 4) is 0 Å². The maximum Gasteiger partial charge on any atom is 0.338 e. The monoisotopic (exact) mass is 353 g/mol. The molecule has 0 amide bonds. The Kier molecular flexibility index (Phi) is 5.11. The molecule has 0 fully saturated rings. The molecule has 0 aliphatic heterocycles. The average Bonchev–Trinajstić information content (AvgIpc) is 2.65. The fourth-order valence-electron chi connectivity index (χ4n) is 3.19. The fraction of sp³-hybridized carbons (Fsp3) is 0.300. The highest BCUT2D eigenvalue weighted by Crippen LogP contribution is 2.23. The molecule has 1 aliphatic rings. The van der Waals surface area contributed by atoms with Gasteiger partial charge in [0.2, 0.25) is 0 Å². The Morgan fingerprint density at radius 3 is 2.42 bits per heavy atom. The molecule has 6 heteroatoms. The first-order valence-electron chi connectivity index (χ1n) is 8.53. The summed E-state index contributed by atoms with van der Waals surface area (Å²) in [6.07, 6.45) is 4.31. The molecule has 0 heterocycles. The molecule has 0 bridgehead atoms. The highest BCUT2D eigenvalue weighted by atomic mass is 16.6. The molecule has 0 spiro atoms. The summed E-state index contributed by atoms with van der Waals surface area (Å²) in [7, 11) is 0. The smallest absolute Gasteiger partial charge is 0.338 e. The lowest BCUT2D eigenvalue weighted by Crippen LogP contribution is -2.15. The number of ketones is 1. The number of esters is 1. The first-order chi connectivity index (χ1) is 12.5. The Hall–Kier alpha value is -3.02. The molecule has 0 saturated carbocycles. The van der Waals surface area contributed by atoms with Gasteiger partial charge in [-0.2, -0.15) is 0 Å². The number of rotatable bonds is 5. The molecule has 0 atom stereocenters. The van der Waals surface area contributed by atoms with Crippen LogP contribution in [0.25, 0.3) is 0 Å². The number of nitro benzene ring substituents is 1. The Balaban J connectivity index is 1.65. The predicted molar refractivity (Wildman–Crippen MR) is 95.5 cm³/mol. The number of carbonyl (C=O) groups excluding carboxylic acids is 2. The average molecular weight is 353 g/mol. The summed E-state index contributed by atoms with van der Waals surface area (Å²) in [5.41, 5.74) is 3.51. The highest BCUT2D eigenvalue weighted by molar-refractivity contribution is 5.99. The standard InChI is InChI=1S/C20H19NO5/c1-13-10-17(8-9-18(13)21(24)25)20(23)26-12-19(22)16-7-6-14-4-2-3-5-15(14)11-16/h6-11H,2-5,12H2,1H3. The number of nitro groups is 1. The second kappa shape index (κ2) is 7.47. The van der Waals surface area contributed by atoms with Crippen LogP contribution in [0.2, 0.25) is 0 Å². The summed E-state index contributed by atoms with van der Waals surface area (Å²) in [5, 5.41) is 10.8. The second-order valence-corrected chi connectivity index (χ2v) is 6.45. The van der Waals surface area contributed by atoms with E-state index in [1.807, 2.05) is 12.1 Å². The predicted octanol–water partition coefficient (Wildman–Crippen LogP) is 3.82. The summed E-state index contributed by atoms with van der Waals surface area (Å²) in [6, 6.07) is 9.62. The van der Waals surface area contributed by atoms with Crippen LogP contribution in [0.1, 0.15) is 50.2 Å². The van der Waals surface area contributed by atoms with Crippen LogP contribution in [0.4, 0.5) is 5.69 Å². The van der Waals surface area contributed by atoms with Gasteiger partial charge in [-0.1, -0.05) is 12.1 Å². The van der Waals surface area contributed by atoms with Crippen molar-refractivity contribution >= 4 is 17.4 Å². The van der Waals surface area contributed by atoms with Gasteiger partial charge in [0.05, 0.1) is 10.5 Å². The first kappa shape index (κ1) is 17.8. The minimum Gasteiger partial charge on any atom is -0.454 e. The minimum atomic E-state index is -0.672. The van der Waals surface area contributed by atoms with E-state index in [0.717, 1.165) is 19.3 Å². The zero-order valence-electron chi connectivity index (χ0n) is 14.5. The number of fused-ring (bicyclic) bond motifs is 1. The van der Waals surface area contributed by atoms with Crippen LogP contribution < -0.4 is 0 Å². The van der Waals surface area contributed by atoms with E-state index in [2.05, 4.69) is 0 Å². The number of hydrogen-bond donors (Lipinski definition) is 0. The van der Waals surface area contributed by atoms with E-state index in [-0.39, 0.29) is 23.6 Å². The van der Waals surface area contributed by atoms with E-state index in [4.69, 9.17) is 4.74 Å². The lowest BCUT2D eigenvalue weighted by Gasteiger charge is -2.16. The summed E-state index contributed by atoms with van der Waals surface area (Å²) in [6.45, 7) is 1.20. The molecule has 0 unspecified atom stereocenters. The largest absolute Gasteiger partial charge is 0.454 e. The summed E-state index contributed by atoms with van der Waals surface area (Å²) < 4.78 is 5.09. The van der Waals surface area contributed by atoms with Crippen molar-refractivity contribution in [2.45, 2.75) is 32.6 Å². The van der Waals surface area contributed by atoms with Crippen LogP contribution in [-0.4, -0.2) is 23.3 Å². The molecule has 26 heavy (non-hydrogen) atoms. The molecule has 0 radical (unpaired) electrons. The van der Waals surface area contributed by atoms with Crippen molar-refractivity contribution in [2.75, 3.05) is 6.61 Å². The van der Waals surface area contributed by atoms with E-state index in [0.29, 0.717) is 11.1 Å². The summed E-state index contributed by atoms with van der Waals surface area (Å²) in [4.78, 5) is 34.7. The number of benzene rings is 2. The Bertz CT molecular complexity index is 888. The zero-order chi connectivity index (χ0) is 18.7. The molecule has 2 aromatic rings. The van der Waals surface area contributed by atoms with Gasteiger partial charge in [-0.15, -0.1) is 0 Å². The SMILES string of the molecule is Cc1cc(C(=O)OCC(=O)c2ccc3c(c2)CCCC3)ccc1[N+](=O)[O-]. The Morgan fingerprint density at radius 1 is 1.04 bits per heavy atom. The maximum absolute atomic E-state index is 12.3. The third kappa shape index (κ3) is 3.79. The van der Waals surface area contributed by atoms with E-state index in [1.54, 1.807) is 13.0 Å². The van der Waals surface area contributed by atoms with Crippen molar-refractivity contribution in [3.05, 3.63) is 74.3 Å². The molecule has 0 saturated heterocycles. The van der Waals surface area contributed by atoms with E-state index in [1.165, 1.54) is 35.7 Å². The van der Waals surface area contributed by atoms with Gasteiger partial charge in [0, 0.05) is 17.2 Å². The van der Waals surface area contributed by atoms with Crippen molar-refractivity contribution in [3.63, 3.8) is 0 Å². The number of hydrogen-bond acceptors (Lipinski definition) is 5. The molecular formula is C20H19NO5. The fourth-order valence-corrected chi connectivity index (χ4v) is 3.19. The van der Waals surface area contributed by atoms with E-state index in [9.17, 15) is 19.7 Å². The quantitative estimate of drug-likeness (QED) is 0.353. The van der Waals surface area contributed by atoms with Gasteiger partial charge >= 0.3 is 5.97 Å². The summed E-state index contributed by atoms with van der Waals surface area (Å²) >= 11 is 0. The van der Waals surface area contributed by atoms with E-state index >= 15 is 0 Å². The van der Waals surface area contributed by atoms with Gasteiger partial charge < -0.3 is 4.74 Å². The minimum absolute atomic E-state index is 0.0633. The van der Waals surface area contributed by atoms with Crippen molar-refractivity contribution < 1.29 is 19.2 Å². The van der Waals surface area contributed by atoms with Crippen molar-refractivity contribution in [1.29, 1.82) is 0 Å². The van der Waals surface area contributed by atoms with Gasteiger partial charge in [-0.05, 0) is 61.9 Å². The third-order valence-corrected chi connectivity index (χ3v) is 4.63. The van der Waals surface area contributed by atoms with Crippen molar-refractivity contribution in [2.24, 2.45) is 0 Å². The number of nitrogens with zero attached hydrogens (tertiary/aromatic N) is 1. The van der Waals surface area contributed by atoms with Crippen molar-refractivity contribution in [1.82, 2.24) is 0 Å². The molecule has 0 aromatic heterocycles. The van der Waals surface area contributed by atoms with E-state index < -0.39 is 10.9 Å². The van der Waals surface area contributed by atoms with Gasteiger partial charge in [0.25, 0.3) is 5.69 Å². The third-order valence-electron chi connectivity index (χ3n) is 4.63. The van der Waals surface area contributed by atoms with Gasteiger partial charge in [-0.3, -0.25) is 14.9 Å². The van der Waals surface area contributed by atoms with Crippen LogP contribution in [0, 0.1) is 17.0 Å². The zero-order valence-corrected chi connectivity index (χ0v) is 14.5. The molecule has 0 N–H and O–H groups in total. The molecule has 1 aliphatic carbocycles. The number of aryl methyl sites for hydroxylation is 3. The highest BCUT2D eigenvalue weighted by Gasteiger charge is 2.17. The molecule has 6 nitrogen and oxygen atoms in total. The van der Waals surface area contributed by atoms with Crippen LogP contribution >= 0.6 is 0 Å². The van der Waals surface area contributed by atoms with Crippen LogP contribution in [-0.2, 0) is 17.6 Å².